The van der Waals surface area contributed by atoms with Gasteiger partial charge in [0.2, 0.25) is 16.0 Å². The highest BCUT2D eigenvalue weighted by Gasteiger charge is 2.40. The molecule has 0 bridgehead atoms. The van der Waals surface area contributed by atoms with E-state index < -0.39 is 20.7 Å². The highest BCUT2D eigenvalue weighted by atomic mass is 32.2. The van der Waals surface area contributed by atoms with Crippen molar-refractivity contribution in [2.75, 3.05) is 25.6 Å². The zero-order valence-electron chi connectivity index (χ0n) is 18.9. The lowest BCUT2D eigenvalue weighted by Gasteiger charge is -2.29. The predicted molar refractivity (Wildman–Crippen MR) is 124 cm³/mol. The molecule has 9 nitrogen and oxygen atoms in total. The minimum Gasteiger partial charge on any atom is -0.464 e. The van der Waals surface area contributed by atoms with Gasteiger partial charge in [-0.15, -0.1) is 0 Å². The van der Waals surface area contributed by atoms with E-state index >= 15 is 0 Å². The van der Waals surface area contributed by atoms with Crippen LogP contribution in [0.25, 0.3) is 5.57 Å². The van der Waals surface area contributed by atoms with Crippen LogP contribution in [0.1, 0.15) is 47.9 Å². The third kappa shape index (κ3) is 4.45. The van der Waals surface area contributed by atoms with E-state index in [1.165, 1.54) is 25.4 Å². The molecule has 0 radical (unpaired) electrons. The summed E-state index contributed by atoms with van der Waals surface area (Å²) in [4.78, 5) is 21.1. The van der Waals surface area contributed by atoms with Crippen LogP contribution in [0.15, 0.2) is 42.8 Å². The van der Waals surface area contributed by atoms with Gasteiger partial charge in [-0.3, -0.25) is 0 Å². The van der Waals surface area contributed by atoms with Gasteiger partial charge in [-0.1, -0.05) is 18.2 Å². The first-order valence-corrected chi connectivity index (χ1v) is 12.3. The van der Waals surface area contributed by atoms with E-state index in [-0.39, 0.29) is 18.2 Å². The van der Waals surface area contributed by atoms with Crippen LogP contribution in [0.5, 0.6) is 0 Å². The average molecular weight is 473 g/mol. The molecule has 2 aromatic rings. The standard InChI is InChI=1S/C23H28N4O5S/c1-16-15-24-22(25-18-8-13-32-14-9-18)26-20(16)17-6-10-23(2,11-7-17)33(29,30)27-12-4-5-19(27)21(28)31-3/h4-7,10,12,15,18H,8-9,11,13-14H2,1-3H3,(H,24,25,26). The topological polar surface area (TPSA) is 112 Å². The van der Waals surface area contributed by atoms with Crippen LogP contribution >= 0.6 is 0 Å². The molecular formula is C23H28N4O5S. The number of anilines is 1. The quantitative estimate of drug-likeness (QED) is 0.639. The third-order valence-corrected chi connectivity index (χ3v) is 8.42. The number of methoxy groups -OCH3 is 1. The lowest BCUT2D eigenvalue weighted by molar-refractivity contribution is 0.0592. The molecule has 1 saturated heterocycles. The van der Waals surface area contributed by atoms with Crippen molar-refractivity contribution < 1.29 is 22.7 Å². The van der Waals surface area contributed by atoms with Crippen LogP contribution in [0.4, 0.5) is 5.95 Å². The lowest BCUT2D eigenvalue weighted by atomic mass is 9.94. The summed E-state index contributed by atoms with van der Waals surface area (Å²) < 4.78 is 36.7. The molecule has 1 aliphatic carbocycles. The van der Waals surface area contributed by atoms with Crippen molar-refractivity contribution in [3.63, 3.8) is 0 Å². The van der Waals surface area contributed by atoms with Gasteiger partial charge in [0.15, 0.2) is 0 Å². The van der Waals surface area contributed by atoms with E-state index in [9.17, 15) is 13.2 Å². The highest BCUT2D eigenvalue weighted by molar-refractivity contribution is 7.91. The molecular weight excluding hydrogens is 444 g/mol. The Labute approximate surface area is 193 Å². The molecule has 1 fully saturated rings. The van der Waals surface area contributed by atoms with Gasteiger partial charge in [0.05, 0.1) is 12.8 Å². The second-order valence-corrected chi connectivity index (χ2v) is 10.7. The maximum absolute atomic E-state index is 13.4. The SMILES string of the molecule is COC(=O)c1cccn1S(=O)(=O)C1(C)C=CC(c2nc(NC3CCOCC3)ncc2C)=CC1. The maximum atomic E-state index is 13.4. The van der Waals surface area contributed by atoms with Crippen LogP contribution in [0, 0.1) is 6.92 Å². The fourth-order valence-electron chi connectivity index (χ4n) is 3.97. The third-order valence-electron chi connectivity index (χ3n) is 6.10. The van der Waals surface area contributed by atoms with Crippen molar-refractivity contribution in [2.24, 2.45) is 0 Å². The van der Waals surface area contributed by atoms with Gasteiger partial charge in [-0.05, 0) is 56.4 Å². The predicted octanol–water partition coefficient (Wildman–Crippen LogP) is 2.94. The monoisotopic (exact) mass is 472 g/mol. The minimum atomic E-state index is -3.92. The van der Waals surface area contributed by atoms with Gasteiger partial charge < -0.3 is 14.8 Å². The van der Waals surface area contributed by atoms with Gasteiger partial charge in [0.25, 0.3) is 0 Å². The van der Waals surface area contributed by atoms with Crippen LogP contribution in [0.2, 0.25) is 0 Å². The van der Waals surface area contributed by atoms with E-state index in [0.717, 1.165) is 46.9 Å². The number of hydrogen-bond acceptors (Lipinski definition) is 8. The first-order valence-electron chi connectivity index (χ1n) is 10.8. The van der Waals surface area contributed by atoms with E-state index in [4.69, 9.17) is 14.5 Å². The number of rotatable bonds is 6. The molecule has 0 saturated carbocycles. The summed E-state index contributed by atoms with van der Waals surface area (Å²) in [6, 6.07) is 3.21. The Morgan fingerprint density at radius 1 is 1.33 bits per heavy atom. The van der Waals surface area contributed by atoms with Crippen LogP contribution in [0.3, 0.4) is 0 Å². The van der Waals surface area contributed by atoms with Crippen molar-refractivity contribution in [2.45, 2.75) is 43.9 Å². The van der Waals surface area contributed by atoms with Crippen molar-refractivity contribution in [1.82, 2.24) is 13.9 Å². The molecule has 10 heteroatoms. The summed E-state index contributed by atoms with van der Waals surface area (Å²) in [5.41, 5.74) is 2.45. The van der Waals surface area contributed by atoms with E-state index in [0.29, 0.717) is 5.95 Å². The Kier molecular flexibility index (Phi) is 6.40. The summed E-state index contributed by atoms with van der Waals surface area (Å²) in [6.07, 6.45) is 10.5. The van der Waals surface area contributed by atoms with Crippen LogP contribution < -0.4 is 5.32 Å². The molecule has 1 N–H and O–H groups in total. The van der Waals surface area contributed by atoms with Crippen molar-refractivity contribution in [3.8, 4) is 0 Å². The molecule has 1 unspecified atom stereocenters. The molecule has 2 aromatic heterocycles. The summed E-state index contributed by atoms with van der Waals surface area (Å²) in [7, 11) is -2.70. The zero-order chi connectivity index (χ0) is 23.6. The maximum Gasteiger partial charge on any atom is 0.355 e. The molecule has 0 spiro atoms. The van der Waals surface area contributed by atoms with Crippen molar-refractivity contribution in [3.05, 3.63) is 59.7 Å². The smallest absolute Gasteiger partial charge is 0.355 e. The van der Waals surface area contributed by atoms with Gasteiger partial charge >= 0.3 is 5.97 Å². The number of carbonyl (C=O) groups is 1. The molecule has 1 atom stereocenters. The average Bonchev–Trinajstić information content (AvgIpc) is 3.32. The second-order valence-electron chi connectivity index (χ2n) is 8.45. The largest absolute Gasteiger partial charge is 0.464 e. The Hall–Kier alpha value is -2.98. The van der Waals surface area contributed by atoms with Crippen molar-refractivity contribution in [1.29, 1.82) is 0 Å². The Morgan fingerprint density at radius 2 is 2.09 bits per heavy atom. The molecule has 3 heterocycles. The number of aromatic nitrogens is 3. The number of ether oxygens (including phenoxy) is 2. The molecule has 33 heavy (non-hydrogen) atoms. The molecule has 176 valence electrons. The Morgan fingerprint density at radius 3 is 2.76 bits per heavy atom. The summed E-state index contributed by atoms with van der Waals surface area (Å²) in [6.45, 7) is 5.00. The van der Waals surface area contributed by atoms with Gasteiger partial charge in [-0.2, -0.15) is 0 Å². The summed E-state index contributed by atoms with van der Waals surface area (Å²) in [5.74, 6) is -0.155. The lowest BCUT2D eigenvalue weighted by Crippen LogP contribution is -2.39. The number of esters is 1. The van der Waals surface area contributed by atoms with Gasteiger partial charge in [0, 0.05) is 31.6 Å². The van der Waals surface area contributed by atoms with Crippen LogP contribution in [-0.4, -0.2) is 59.4 Å². The molecule has 0 amide bonds. The van der Waals surface area contributed by atoms with Crippen LogP contribution in [-0.2, 0) is 19.5 Å². The highest BCUT2D eigenvalue weighted by Crippen LogP contribution is 2.34. The minimum absolute atomic E-state index is 0.0302. The van der Waals surface area contributed by atoms with E-state index in [1.54, 1.807) is 25.3 Å². The van der Waals surface area contributed by atoms with Crippen molar-refractivity contribution >= 4 is 27.5 Å². The number of allylic oxidation sites excluding steroid dienone is 3. The van der Waals surface area contributed by atoms with Gasteiger partial charge in [-0.25, -0.2) is 27.2 Å². The molecule has 4 rings (SSSR count). The molecule has 2 aliphatic rings. The van der Waals surface area contributed by atoms with E-state index in [2.05, 4.69) is 10.3 Å². The molecule has 0 aromatic carbocycles. The number of nitrogens with one attached hydrogen (secondary N) is 1. The Bertz CT molecular complexity index is 1210. The van der Waals surface area contributed by atoms with Gasteiger partial charge in [0.1, 0.15) is 10.4 Å². The number of nitrogens with zero attached hydrogens (tertiary/aromatic N) is 3. The first kappa shape index (κ1) is 23.2. The zero-order valence-corrected chi connectivity index (χ0v) is 19.8. The molecule has 1 aliphatic heterocycles. The number of aryl methyl sites for hydroxylation is 1. The fraction of sp³-hybridized carbons (Fsp3) is 0.435. The first-order chi connectivity index (χ1) is 15.7. The number of hydrogen-bond donors (Lipinski definition) is 1. The summed E-state index contributed by atoms with van der Waals surface area (Å²) in [5, 5.41) is 3.37. The van der Waals surface area contributed by atoms with E-state index in [1.807, 2.05) is 13.0 Å². The number of carbonyl (C=O) groups excluding carboxylic acids is 1. The fourth-order valence-corrected chi connectivity index (χ4v) is 5.58. The summed E-state index contributed by atoms with van der Waals surface area (Å²) >= 11 is 0. The Balaban J connectivity index is 1.57. The second kappa shape index (κ2) is 9.11. The normalized spacial score (nSPS) is 21.5.